The van der Waals surface area contributed by atoms with Gasteiger partial charge in [-0.1, -0.05) is 6.92 Å². The van der Waals surface area contributed by atoms with Gasteiger partial charge in [0.2, 0.25) is 5.95 Å². The maximum Gasteiger partial charge on any atom is 0.237 e. The number of H-pyrrole nitrogens is 1. The van der Waals surface area contributed by atoms with Crippen molar-refractivity contribution in [3.05, 3.63) is 61.1 Å². The van der Waals surface area contributed by atoms with Crippen molar-refractivity contribution in [2.75, 3.05) is 16.8 Å². The number of benzene rings is 1. The number of hydrogen-bond donors (Lipinski definition) is 2. The van der Waals surface area contributed by atoms with E-state index in [1.807, 2.05) is 18.9 Å². The highest BCUT2D eigenvalue weighted by molar-refractivity contribution is 5.76. The molecule has 31 heavy (non-hydrogen) atoms. The summed E-state index contributed by atoms with van der Waals surface area (Å²) >= 11 is 0. The molecule has 1 aliphatic rings. The number of aliphatic hydroxyl groups is 1. The summed E-state index contributed by atoms with van der Waals surface area (Å²) in [6.45, 7) is 2.02. The molecule has 0 saturated heterocycles. The standard InChI is InChI=1S/C21H21FN8O/c1-3-16-20(31)28(2)17-12-24-21(27-19(17)30(16)15-10-25-26-11-15)29-9-8-23-18(29)13-4-6-14(22)7-5-13/h4-12,16,20,31H,3H2,1-2H3,(H,25,26). The van der Waals surface area contributed by atoms with Crippen LogP contribution in [0, 0.1) is 5.82 Å². The van der Waals surface area contributed by atoms with E-state index in [2.05, 4.69) is 20.2 Å². The zero-order chi connectivity index (χ0) is 21.5. The van der Waals surface area contributed by atoms with Gasteiger partial charge in [-0.25, -0.2) is 14.4 Å². The Labute approximate surface area is 177 Å². The molecule has 158 valence electrons. The lowest BCUT2D eigenvalue weighted by Gasteiger charge is -2.44. The molecular formula is C21H21FN8O. The summed E-state index contributed by atoms with van der Waals surface area (Å²) in [6, 6.07) is 5.90. The van der Waals surface area contributed by atoms with Crippen molar-refractivity contribution in [2.45, 2.75) is 25.6 Å². The molecule has 5 rings (SSSR count). The van der Waals surface area contributed by atoms with E-state index in [-0.39, 0.29) is 11.9 Å². The van der Waals surface area contributed by atoms with E-state index < -0.39 is 6.23 Å². The average molecular weight is 420 g/mol. The molecular weight excluding hydrogens is 399 g/mol. The lowest BCUT2D eigenvalue weighted by atomic mass is 10.1. The molecule has 0 radical (unpaired) electrons. The fraction of sp³-hybridized carbons (Fsp3) is 0.238. The minimum atomic E-state index is -0.732. The van der Waals surface area contributed by atoms with Crippen molar-refractivity contribution in [2.24, 2.45) is 0 Å². The molecule has 0 aliphatic carbocycles. The Bertz CT molecular complexity index is 1190. The fourth-order valence-electron chi connectivity index (χ4n) is 3.95. The van der Waals surface area contributed by atoms with E-state index in [4.69, 9.17) is 4.98 Å². The van der Waals surface area contributed by atoms with E-state index in [1.54, 1.807) is 52.6 Å². The highest BCUT2D eigenvalue weighted by Crippen LogP contribution is 2.40. The first-order chi connectivity index (χ1) is 15.1. The smallest absolute Gasteiger partial charge is 0.237 e. The number of anilines is 3. The van der Waals surface area contributed by atoms with Crippen LogP contribution in [0.1, 0.15) is 13.3 Å². The van der Waals surface area contributed by atoms with Gasteiger partial charge < -0.3 is 14.9 Å². The number of fused-ring (bicyclic) bond motifs is 1. The topological polar surface area (TPSA) is 99.0 Å². The summed E-state index contributed by atoms with van der Waals surface area (Å²) in [5, 5.41) is 17.8. The summed E-state index contributed by atoms with van der Waals surface area (Å²) in [5.41, 5.74) is 2.25. The van der Waals surface area contributed by atoms with Gasteiger partial charge in [0.15, 0.2) is 5.82 Å². The largest absolute Gasteiger partial charge is 0.371 e. The Morgan fingerprint density at radius 1 is 1.16 bits per heavy atom. The number of aromatic nitrogens is 6. The van der Waals surface area contributed by atoms with Gasteiger partial charge in [0.25, 0.3) is 0 Å². The van der Waals surface area contributed by atoms with Crippen LogP contribution in [0.15, 0.2) is 55.2 Å². The van der Waals surface area contributed by atoms with Crippen LogP contribution in [0.5, 0.6) is 0 Å². The van der Waals surface area contributed by atoms with Crippen LogP contribution in [0.4, 0.5) is 21.6 Å². The van der Waals surface area contributed by atoms with Gasteiger partial charge in [-0.3, -0.25) is 9.67 Å². The van der Waals surface area contributed by atoms with Crippen LogP contribution < -0.4 is 9.80 Å². The van der Waals surface area contributed by atoms with Gasteiger partial charge in [0.05, 0.1) is 24.1 Å². The van der Waals surface area contributed by atoms with Crippen molar-refractivity contribution < 1.29 is 9.50 Å². The molecule has 0 amide bonds. The Balaban J connectivity index is 1.65. The number of rotatable bonds is 4. The summed E-state index contributed by atoms with van der Waals surface area (Å²) in [5.74, 6) is 1.37. The number of halogens is 1. The van der Waals surface area contributed by atoms with Gasteiger partial charge >= 0.3 is 0 Å². The third kappa shape index (κ3) is 3.12. The predicted molar refractivity (Wildman–Crippen MR) is 114 cm³/mol. The van der Waals surface area contributed by atoms with Crippen LogP contribution in [-0.4, -0.2) is 54.1 Å². The molecule has 4 heterocycles. The number of likely N-dealkylation sites (N-methyl/N-ethyl adjacent to an activating group) is 1. The Morgan fingerprint density at radius 3 is 2.68 bits per heavy atom. The molecule has 0 bridgehead atoms. The first-order valence-electron chi connectivity index (χ1n) is 9.94. The quantitative estimate of drug-likeness (QED) is 0.524. The molecule has 1 aromatic carbocycles. The fourth-order valence-corrected chi connectivity index (χ4v) is 3.95. The second-order valence-electron chi connectivity index (χ2n) is 7.33. The van der Waals surface area contributed by atoms with Gasteiger partial charge in [0.1, 0.15) is 23.6 Å². The number of nitrogens with one attached hydrogen (secondary N) is 1. The molecule has 3 aromatic heterocycles. The van der Waals surface area contributed by atoms with Crippen molar-refractivity contribution in [1.29, 1.82) is 0 Å². The zero-order valence-electron chi connectivity index (χ0n) is 17.0. The molecule has 2 unspecified atom stereocenters. The number of aliphatic hydroxyl groups excluding tert-OH is 1. The van der Waals surface area contributed by atoms with E-state index in [1.165, 1.54) is 12.1 Å². The van der Waals surface area contributed by atoms with Crippen LogP contribution in [0.25, 0.3) is 17.3 Å². The minimum Gasteiger partial charge on any atom is -0.371 e. The molecule has 2 N–H and O–H groups in total. The molecule has 0 saturated carbocycles. The highest BCUT2D eigenvalue weighted by atomic mass is 19.1. The monoisotopic (exact) mass is 420 g/mol. The van der Waals surface area contributed by atoms with Crippen molar-refractivity contribution >= 4 is 17.2 Å². The van der Waals surface area contributed by atoms with Gasteiger partial charge in [0, 0.05) is 31.2 Å². The maximum absolute atomic E-state index is 13.4. The number of aromatic amines is 1. The van der Waals surface area contributed by atoms with E-state index in [9.17, 15) is 9.50 Å². The highest BCUT2D eigenvalue weighted by Gasteiger charge is 2.38. The number of hydrogen-bond acceptors (Lipinski definition) is 7. The number of imidazole rings is 1. The maximum atomic E-state index is 13.4. The lowest BCUT2D eigenvalue weighted by Crippen LogP contribution is -2.53. The first-order valence-corrected chi connectivity index (χ1v) is 9.94. The molecule has 9 nitrogen and oxygen atoms in total. The van der Waals surface area contributed by atoms with Gasteiger partial charge in [-0.05, 0) is 30.7 Å². The molecule has 0 spiro atoms. The average Bonchev–Trinajstić information content (AvgIpc) is 3.48. The summed E-state index contributed by atoms with van der Waals surface area (Å²) < 4.78 is 15.1. The van der Waals surface area contributed by atoms with Crippen LogP contribution in [0.3, 0.4) is 0 Å². The minimum absolute atomic E-state index is 0.225. The van der Waals surface area contributed by atoms with Crippen LogP contribution in [-0.2, 0) is 0 Å². The zero-order valence-corrected chi connectivity index (χ0v) is 17.0. The second-order valence-corrected chi connectivity index (χ2v) is 7.33. The molecule has 10 heteroatoms. The van der Waals surface area contributed by atoms with E-state index in [0.717, 1.165) is 11.3 Å². The summed E-state index contributed by atoms with van der Waals surface area (Å²) in [7, 11) is 1.82. The van der Waals surface area contributed by atoms with Gasteiger partial charge in [-0.15, -0.1) is 0 Å². The van der Waals surface area contributed by atoms with Crippen molar-refractivity contribution in [3.63, 3.8) is 0 Å². The Hall–Kier alpha value is -3.79. The first kappa shape index (κ1) is 19.2. The Morgan fingerprint density at radius 2 is 1.97 bits per heavy atom. The van der Waals surface area contributed by atoms with Gasteiger partial charge in [-0.2, -0.15) is 10.1 Å². The molecule has 1 aliphatic heterocycles. The molecule has 0 fully saturated rings. The van der Waals surface area contributed by atoms with E-state index >= 15 is 0 Å². The summed E-state index contributed by atoms with van der Waals surface area (Å²) in [4.78, 5) is 17.5. The lowest BCUT2D eigenvalue weighted by molar-refractivity contribution is 0.137. The van der Waals surface area contributed by atoms with E-state index in [0.29, 0.717) is 29.7 Å². The van der Waals surface area contributed by atoms with Crippen molar-refractivity contribution in [1.82, 2.24) is 29.7 Å². The molecule has 2 atom stereocenters. The van der Waals surface area contributed by atoms with Crippen molar-refractivity contribution in [3.8, 4) is 17.3 Å². The normalized spacial score (nSPS) is 18.3. The predicted octanol–water partition coefficient (Wildman–Crippen LogP) is 2.88. The Kier molecular flexibility index (Phi) is 4.63. The third-order valence-electron chi connectivity index (χ3n) is 5.56. The summed E-state index contributed by atoms with van der Waals surface area (Å²) in [6.07, 6.45) is 8.54. The van der Waals surface area contributed by atoms with Crippen LogP contribution in [0.2, 0.25) is 0 Å². The number of nitrogens with zero attached hydrogens (tertiary/aromatic N) is 7. The second kappa shape index (κ2) is 7.47. The SMILES string of the molecule is CCC1C(O)N(C)c2cnc(-n3ccnc3-c3ccc(F)cc3)nc2N1c1cn[nH]c1. The molecule has 4 aromatic rings. The van der Waals surface area contributed by atoms with Crippen LogP contribution >= 0.6 is 0 Å². The third-order valence-corrected chi connectivity index (χ3v) is 5.56.